The molecule has 4 heavy (non-hydrogen) atoms. The van der Waals surface area contributed by atoms with Gasteiger partial charge in [0.25, 0.3) is 0 Å². The van der Waals surface area contributed by atoms with Gasteiger partial charge < -0.3 is 34.0 Å². The van der Waals surface area contributed by atoms with E-state index in [4.69, 9.17) is 0 Å². The molecule has 0 bridgehead atoms. The van der Waals surface area contributed by atoms with Crippen LogP contribution in [0.25, 0.3) is 0 Å². The standard InChI is InChI=1S/2BrH.Cs.Rb/h2*1H;;/q;;2*+1/p-2. The van der Waals surface area contributed by atoms with Crippen LogP contribution in [-0.4, -0.2) is 0 Å². The Labute approximate surface area is 155 Å². The molecule has 0 fully saturated rings. The van der Waals surface area contributed by atoms with Crippen LogP contribution in [0.1, 0.15) is 0 Å². The van der Waals surface area contributed by atoms with E-state index in [2.05, 4.69) is 0 Å². The van der Waals surface area contributed by atoms with Crippen LogP contribution in [0.3, 0.4) is 0 Å². The molecule has 0 aromatic carbocycles. The second-order valence-electron chi connectivity index (χ2n) is 0. The molecular formula is Br2CsRb. The molecule has 0 aromatic rings. The second kappa shape index (κ2) is 15.7. The third kappa shape index (κ3) is 9.94. The van der Waals surface area contributed by atoms with Gasteiger partial charge in [-0.15, -0.1) is 0 Å². The summed E-state index contributed by atoms with van der Waals surface area (Å²) < 4.78 is 0. The topological polar surface area (TPSA) is 0 Å². The molecule has 0 saturated heterocycles. The van der Waals surface area contributed by atoms with E-state index in [9.17, 15) is 0 Å². The SMILES string of the molecule is [Br-].[Br-].[Cs+].[Rb+]. The van der Waals surface area contributed by atoms with Gasteiger partial charge in [-0.3, -0.25) is 0 Å². The Balaban J connectivity index is 0. The van der Waals surface area contributed by atoms with Crippen molar-refractivity contribution in [1.82, 2.24) is 0 Å². The van der Waals surface area contributed by atoms with Crippen molar-refractivity contribution in [2.75, 3.05) is 0 Å². The van der Waals surface area contributed by atoms with E-state index in [1.54, 1.807) is 0 Å². The van der Waals surface area contributed by atoms with Gasteiger partial charge in [-0.2, -0.15) is 0 Å². The first kappa shape index (κ1) is 23.2. The normalized spacial score (nSPS) is 0. The summed E-state index contributed by atoms with van der Waals surface area (Å²) in [7, 11) is 0. The quantitative estimate of drug-likeness (QED) is 0.393. The third-order valence-corrected chi connectivity index (χ3v) is 0. The smallest absolute Gasteiger partial charge is 1.00 e. The van der Waals surface area contributed by atoms with Gasteiger partial charge in [0.1, 0.15) is 0 Å². The Morgan fingerprint density at radius 2 is 0.750 bits per heavy atom. The zero-order valence-electron chi connectivity index (χ0n) is 2.76. The summed E-state index contributed by atoms with van der Waals surface area (Å²) in [6.07, 6.45) is 0. The van der Waals surface area contributed by atoms with Crippen molar-refractivity contribution >= 4 is 0 Å². The van der Waals surface area contributed by atoms with Gasteiger partial charge in [-0.1, -0.05) is 0 Å². The molecule has 4 heteroatoms. The van der Waals surface area contributed by atoms with Gasteiger partial charge in [0, 0.05) is 0 Å². The molecule has 0 spiro atoms. The van der Waals surface area contributed by atoms with Crippen LogP contribution in [0, 0.1) is 0 Å². The van der Waals surface area contributed by atoms with Crippen molar-refractivity contribution in [3.05, 3.63) is 0 Å². The minimum Gasteiger partial charge on any atom is -1.00 e. The Kier molecular flexibility index (Phi) is 90.9. The summed E-state index contributed by atoms with van der Waals surface area (Å²) >= 11 is 0. The summed E-state index contributed by atoms with van der Waals surface area (Å²) in [5.41, 5.74) is 0. The maximum absolute atomic E-state index is 0. The molecule has 0 N–H and O–H groups in total. The fourth-order valence-electron chi connectivity index (χ4n) is 0. The van der Waals surface area contributed by atoms with Gasteiger partial charge in [0.2, 0.25) is 0 Å². The van der Waals surface area contributed by atoms with Gasteiger partial charge >= 0.3 is 127 Å². The first-order valence-electron chi connectivity index (χ1n) is 0. The van der Waals surface area contributed by atoms with Crippen LogP contribution >= 0.6 is 0 Å². The molecule has 0 nitrogen and oxygen atoms in total. The Morgan fingerprint density at radius 1 is 0.750 bits per heavy atom. The predicted octanol–water partition coefficient (Wildman–Crippen LogP) is -12.0. The largest absolute Gasteiger partial charge is 1.00 e. The summed E-state index contributed by atoms with van der Waals surface area (Å²) in [5, 5.41) is 0. The molecule has 0 radical (unpaired) electrons. The van der Waals surface area contributed by atoms with Crippen molar-refractivity contribution in [1.29, 1.82) is 0 Å². The van der Waals surface area contributed by atoms with Crippen LogP contribution in [0.5, 0.6) is 0 Å². The molecule has 0 aromatic heterocycles. The molecular weight excluding hydrogens is 378 g/mol. The summed E-state index contributed by atoms with van der Waals surface area (Å²) in [6, 6.07) is 0. The Morgan fingerprint density at radius 3 is 0.750 bits per heavy atom. The van der Waals surface area contributed by atoms with E-state index in [0.29, 0.717) is 0 Å². The van der Waals surface area contributed by atoms with Crippen LogP contribution < -0.4 is 161 Å². The average molecular weight is 378 g/mol. The molecule has 0 saturated carbocycles. The van der Waals surface area contributed by atoms with Crippen LogP contribution in [-0.2, 0) is 0 Å². The van der Waals surface area contributed by atoms with Crippen LogP contribution in [0.4, 0.5) is 0 Å². The second-order valence-corrected chi connectivity index (χ2v) is 0. The molecule has 16 valence electrons. The van der Waals surface area contributed by atoms with Gasteiger partial charge in [-0.25, -0.2) is 0 Å². The maximum Gasteiger partial charge on any atom is 1.00 e. The first-order chi connectivity index (χ1) is 0. The van der Waals surface area contributed by atoms with Crippen molar-refractivity contribution < 1.29 is 161 Å². The van der Waals surface area contributed by atoms with Gasteiger partial charge in [0.05, 0.1) is 0 Å². The number of rotatable bonds is 0. The van der Waals surface area contributed by atoms with E-state index in [0.717, 1.165) is 0 Å². The number of hydrogen-bond acceptors (Lipinski definition) is 0. The Bertz CT molecular complexity index is 6.00. The molecule has 0 aliphatic rings. The zero-order valence-corrected chi connectivity index (χ0v) is 17.1. The number of hydrogen-bond donors (Lipinski definition) is 0. The number of halogens is 2. The summed E-state index contributed by atoms with van der Waals surface area (Å²) in [4.78, 5) is 0. The zero-order chi connectivity index (χ0) is 0. The monoisotopic (exact) mass is 376 g/mol. The predicted molar refractivity (Wildman–Crippen MR) is 0 cm³/mol. The van der Waals surface area contributed by atoms with Crippen molar-refractivity contribution in [3.8, 4) is 0 Å². The fourth-order valence-corrected chi connectivity index (χ4v) is 0. The van der Waals surface area contributed by atoms with E-state index in [1.165, 1.54) is 0 Å². The average Bonchev–Trinajstić information content (AvgIpc) is 0. The molecule has 0 atom stereocenters. The molecule has 0 unspecified atom stereocenters. The van der Waals surface area contributed by atoms with E-state index >= 15 is 0 Å². The molecule has 0 heterocycles. The summed E-state index contributed by atoms with van der Waals surface area (Å²) in [6.45, 7) is 0. The van der Waals surface area contributed by atoms with Crippen molar-refractivity contribution in [3.63, 3.8) is 0 Å². The molecule has 0 amide bonds. The maximum atomic E-state index is 0. The molecule has 0 rings (SSSR count). The van der Waals surface area contributed by atoms with Crippen LogP contribution in [0.15, 0.2) is 0 Å². The minimum atomic E-state index is 0. The summed E-state index contributed by atoms with van der Waals surface area (Å²) in [5.74, 6) is 0. The fraction of sp³-hybridized carbons (Fsp3) is 0. The van der Waals surface area contributed by atoms with Crippen LogP contribution in [0.2, 0.25) is 0 Å². The van der Waals surface area contributed by atoms with E-state index in [-0.39, 0.29) is 161 Å². The molecule has 0 aliphatic carbocycles. The first-order valence-corrected chi connectivity index (χ1v) is 0. The molecule has 0 aliphatic heterocycles. The minimum absolute atomic E-state index is 0. The Hall–Kier alpha value is 4.82. The van der Waals surface area contributed by atoms with E-state index < -0.39 is 0 Å². The third-order valence-electron chi connectivity index (χ3n) is 0. The van der Waals surface area contributed by atoms with Gasteiger partial charge in [-0.05, 0) is 0 Å². The van der Waals surface area contributed by atoms with Gasteiger partial charge in [0.15, 0.2) is 0 Å². The van der Waals surface area contributed by atoms with Crippen molar-refractivity contribution in [2.45, 2.75) is 0 Å². The van der Waals surface area contributed by atoms with E-state index in [1.807, 2.05) is 0 Å². The van der Waals surface area contributed by atoms with Crippen molar-refractivity contribution in [2.24, 2.45) is 0 Å².